The summed E-state index contributed by atoms with van der Waals surface area (Å²) in [5, 5.41) is 25.9. The fraction of sp³-hybridized carbons (Fsp3) is 0.361. The van der Waals surface area contributed by atoms with Crippen molar-refractivity contribution in [3.63, 3.8) is 0 Å². The van der Waals surface area contributed by atoms with Gasteiger partial charge in [-0.25, -0.2) is 4.98 Å². The number of carbonyl (C=O) groups is 1. The number of aliphatic hydroxyl groups is 1. The number of nitriles is 1. The standard InChI is InChI=1S/C36H44N4O2/c1-5-12-30(15-10-11-22-38-33-21-16-29(23-37)25-39-33)35(36(42)40-24-28-13-8-7-9-14-28)32-19-17-31(18-20-32)34(27(4)41)26(3)6-2/h6-9,13-14,16-21,25,30,35,41H,5,10-12,15,22,24H2,1-4H3,(H,38,39)(H,40,42)/b26-6-,34-27+. The molecule has 6 heteroatoms. The van der Waals surface area contributed by atoms with Gasteiger partial charge in [-0.2, -0.15) is 5.26 Å². The van der Waals surface area contributed by atoms with E-state index < -0.39 is 0 Å². The van der Waals surface area contributed by atoms with Crippen LogP contribution >= 0.6 is 0 Å². The van der Waals surface area contributed by atoms with Crippen molar-refractivity contribution in [2.75, 3.05) is 11.9 Å². The smallest absolute Gasteiger partial charge is 0.228 e. The molecule has 0 saturated carbocycles. The molecule has 3 aromatic rings. The minimum Gasteiger partial charge on any atom is -0.512 e. The lowest BCUT2D eigenvalue weighted by Crippen LogP contribution is -2.33. The van der Waals surface area contributed by atoms with E-state index in [1.807, 2.05) is 68.5 Å². The zero-order valence-electron chi connectivity index (χ0n) is 25.4. The Labute approximate surface area is 251 Å². The number of nitrogens with zero attached hydrogens (tertiary/aromatic N) is 2. The van der Waals surface area contributed by atoms with Gasteiger partial charge >= 0.3 is 0 Å². The summed E-state index contributed by atoms with van der Waals surface area (Å²) in [5.41, 5.74) is 5.38. The maximum Gasteiger partial charge on any atom is 0.228 e. The van der Waals surface area contributed by atoms with Crippen LogP contribution in [-0.2, 0) is 11.3 Å². The van der Waals surface area contributed by atoms with Crippen LogP contribution in [0.1, 0.15) is 88.0 Å². The van der Waals surface area contributed by atoms with Gasteiger partial charge in [0.25, 0.3) is 0 Å². The van der Waals surface area contributed by atoms with Gasteiger partial charge in [-0.3, -0.25) is 4.79 Å². The van der Waals surface area contributed by atoms with Gasteiger partial charge in [-0.15, -0.1) is 0 Å². The predicted octanol–water partition coefficient (Wildman–Crippen LogP) is 8.31. The monoisotopic (exact) mass is 564 g/mol. The van der Waals surface area contributed by atoms with E-state index in [1.54, 1.807) is 19.2 Å². The topological polar surface area (TPSA) is 98.0 Å². The highest BCUT2D eigenvalue weighted by atomic mass is 16.3. The van der Waals surface area contributed by atoms with Crippen LogP contribution in [0.2, 0.25) is 0 Å². The molecular weight excluding hydrogens is 520 g/mol. The summed E-state index contributed by atoms with van der Waals surface area (Å²) in [6.45, 7) is 9.11. The second-order valence-electron chi connectivity index (χ2n) is 10.8. The Morgan fingerprint density at radius 1 is 1.02 bits per heavy atom. The number of rotatable bonds is 15. The first-order valence-corrected chi connectivity index (χ1v) is 14.9. The number of hydrogen-bond donors (Lipinski definition) is 3. The third-order valence-electron chi connectivity index (χ3n) is 7.67. The molecular formula is C36H44N4O2. The van der Waals surface area contributed by atoms with Crippen LogP contribution in [-0.4, -0.2) is 22.5 Å². The molecule has 3 rings (SSSR count). The van der Waals surface area contributed by atoms with E-state index in [4.69, 9.17) is 5.26 Å². The van der Waals surface area contributed by atoms with Crippen molar-refractivity contribution in [3.05, 3.63) is 113 Å². The highest BCUT2D eigenvalue weighted by molar-refractivity contribution is 5.85. The van der Waals surface area contributed by atoms with Crippen LogP contribution in [0.4, 0.5) is 5.82 Å². The summed E-state index contributed by atoms with van der Waals surface area (Å²) in [7, 11) is 0. The first kappa shape index (κ1) is 32.1. The number of aliphatic hydroxyl groups excluding tert-OH is 1. The average Bonchev–Trinajstić information content (AvgIpc) is 3.01. The van der Waals surface area contributed by atoms with Gasteiger partial charge in [0.15, 0.2) is 0 Å². The van der Waals surface area contributed by atoms with Crippen LogP contribution in [0.3, 0.4) is 0 Å². The summed E-state index contributed by atoms with van der Waals surface area (Å²) >= 11 is 0. The second-order valence-corrected chi connectivity index (χ2v) is 10.8. The zero-order chi connectivity index (χ0) is 30.3. The van der Waals surface area contributed by atoms with Gasteiger partial charge in [-0.1, -0.05) is 80.4 Å². The molecule has 2 atom stereocenters. The van der Waals surface area contributed by atoms with E-state index >= 15 is 0 Å². The van der Waals surface area contributed by atoms with Gasteiger partial charge in [0.2, 0.25) is 5.91 Å². The molecule has 6 nitrogen and oxygen atoms in total. The Hall–Kier alpha value is -4.37. The second kappa shape index (κ2) is 16.8. The van der Waals surface area contributed by atoms with Crippen molar-refractivity contribution in [1.29, 1.82) is 5.26 Å². The fourth-order valence-corrected chi connectivity index (χ4v) is 5.42. The van der Waals surface area contributed by atoms with Crippen LogP contribution < -0.4 is 10.6 Å². The SMILES string of the molecule is C/C=C(C)\C(=C(\C)O)c1ccc(C(C(=O)NCc2ccccc2)C(CCC)CCCCNc2ccc(C#N)cn2)cc1. The molecule has 1 heterocycles. The molecule has 1 aromatic heterocycles. The molecule has 0 bridgehead atoms. The van der Waals surface area contributed by atoms with Gasteiger partial charge in [0.05, 0.1) is 17.2 Å². The third kappa shape index (κ3) is 9.34. The van der Waals surface area contributed by atoms with Crippen molar-refractivity contribution in [1.82, 2.24) is 10.3 Å². The van der Waals surface area contributed by atoms with Crippen molar-refractivity contribution >= 4 is 17.3 Å². The van der Waals surface area contributed by atoms with E-state index in [0.717, 1.165) is 72.3 Å². The number of anilines is 1. The average molecular weight is 565 g/mol. The Morgan fingerprint density at radius 2 is 1.76 bits per heavy atom. The predicted molar refractivity (Wildman–Crippen MR) is 172 cm³/mol. The normalized spacial score (nSPS) is 13.5. The fourth-order valence-electron chi connectivity index (χ4n) is 5.42. The van der Waals surface area contributed by atoms with Crippen molar-refractivity contribution in [2.24, 2.45) is 5.92 Å². The third-order valence-corrected chi connectivity index (χ3v) is 7.67. The number of carbonyl (C=O) groups excluding carboxylic acids is 1. The molecule has 42 heavy (non-hydrogen) atoms. The number of amides is 1. The van der Waals surface area contributed by atoms with Crippen LogP contribution in [0, 0.1) is 17.2 Å². The largest absolute Gasteiger partial charge is 0.512 e. The van der Waals surface area contributed by atoms with Crippen molar-refractivity contribution < 1.29 is 9.90 Å². The summed E-state index contributed by atoms with van der Waals surface area (Å²) < 4.78 is 0. The van der Waals surface area contributed by atoms with E-state index in [0.29, 0.717) is 12.1 Å². The maximum absolute atomic E-state index is 13.8. The Bertz CT molecular complexity index is 1370. The molecule has 1 amide bonds. The molecule has 0 radical (unpaired) electrons. The van der Waals surface area contributed by atoms with E-state index in [2.05, 4.69) is 40.7 Å². The number of allylic oxidation sites excluding steroid dienone is 4. The number of unbranched alkanes of at least 4 members (excludes halogenated alkanes) is 1. The van der Waals surface area contributed by atoms with Crippen molar-refractivity contribution in [3.8, 4) is 6.07 Å². The molecule has 2 aromatic carbocycles. The van der Waals surface area contributed by atoms with E-state index in [9.17, 15) is 9.90 Å². The maximum atomic E-state index is 13.8. The molecule has 0 saturated heterocycles. The Morgan fingerprint density at radius 3 is 2.36 bits per heavy atom. The van der Waals surface area contributed by atoms with Gasteiger partial charge in [-0.05, 0) is 80.3 Å². The van der Waals surface area contributed by atoms with Gasteiger partial charge < -0.3 is 15.7 Å². The molecule has 2 unspecified atom stereocenters. The molecule has 0 spiro atoms. The lowest BCUT2D eigenvalue weighted by atomic mass is 9.79. The van der Waals surface area contributed by atoms with Crippen molar-refractivity contribution in [2.45, 2.75) is 72.3 Å². The highest BCUT2D eigenvalue weighted by Crippen LogP contribution is 2.34. The lowest BCUT2D eigenvalue weighted by molar-refractivity contribution is -0.124. The number of nitrogens with one attached hydrogen (secondary N) is 2. The van der Waals surface area contributed by atoms with Gasteiger partial charge in [0.1, 0.15) is 11.9 Å². The van der Waals surface area contributed by atoms with Crippen LogP contribution in [0.15, 0.2) is 90.3 Å². The molecule has 0 aliphatic rings. The molecule has 0 aliphatic carbocycles. The first-order valence-electron chi connectivity index (χ1n) is 14.9. The highest BCUT2D eigenvalue weighted by Gasteiger charge is 2.29. The summed E-state index contributed by atoms with van der Waals surface area (Å²) in [5.74, 6) is 1.00. The molecule has 0 fully saturated rings. The number of pyridine rings is 1. The molecule has 3 N–H and O–H groups in total. The first-order chi connectivity index (χ1) is 20.4. The van der Waals surface area contributed by atoms with Crippen LogP contribution in [0.5, 0.6) is 0 Å². The quantitative estimate of drug-likeness (QED) is 0.0980. The minimum absolute atomic E-state index is 0.0451. The molecule has 0 aliphatic heterocycles. The number of aromatic nitrogens is 1. The van der Waals surface area contributed by atoms with Crippen LogP contribution in [0.25, 0.3) is 5.57 Å². The summed E-state index contributed by atoms with van der Waals surface area (Å²) in [6.07, 6.45) is 8.37. The number of benzene rings is 2. The summed E-state index contributed by atoms with van der Waals surface area (Å²) in [6, 6.07) is 23.8. The molecule has 220 valence electrons. The van der Waals surface area contributed by atoms with Gasteiger partial charge in [0, 0.05) is 24.9 Å². The lowest BCUT2D eigenvalue weighted by Gasteiger charge is -2.27. The zero-order valence-corrected chi connectivity index (χ0v) is 25.4. The minimum atomic E-state index is -0.277. The Kier molecular flexibility index (Phi) is 12.9. The summed E-state index contributed by atoms with van der Waals surface area (Å²) in [4.78, 5) is 18.1. The Balaban J connectivity index is 1.77. The van der Waals surface area contributed by atoms with E-state index in [1.165, 1.54) is 0 Å². The van der Waals surface area contributed by atoms with E-state index in [-0.39, 0.29) is 23.5 Å². The number of hydrogen-bond acceptors (Lipinski definition) is 5.